The Balaban J connectivity index is 1.96. The number of carbonyl (C=O) groups excluding carboxylic acids is 1. The predicted molar refractivity (Wildman–Crippen MR) is 112 cm³/mol. The van der Waals surface area contributed by atoms with Gasteiger partial charge in [0.05, 0.1) is 0 Å². The number of aliphatic hydroxyl groups is 1. The van der Waals surface area contributed by atoms with Crippen molar-refractivity contribution in [1.29, 1.82) is 0 Å². The standard InChI is InChI=1S/C23H34N2O3/c1-4-9-23(27)28-18-22(26)17-24(14-19(2)3)16-21-12-8-13-25(21)15-20-10-6-5-7-11-20/h5-8,10-13,19,22,26H,4,9,14-18H2,1-3H3/t22-/m1/s1. The van der Waals surface area contributed by atoms with Gasteiger partial charge in [-0.25, -0.2) is 0 Å². The number of hydrogen-bond donors (Lipinski definition) is 1. The van der Waals surface area contributed by atoms with Crippen LogP contribution in [0.3, 0.4) is 0 Å². The third-order valence-electron chi connectivity index (χ3n) is 4.49. The molecule has 0 amide bonds. The fourth-order valence-corrected chi connectivity index (χ4v) is 3.29. The summed E-state index contributed by atoms with van der Waals surface area (Å²) >= 11 is 0. The number of carbonyl (C=O) groups is 1. The van der Waals surface area contributed by atoms with Crippen LogP contribution in [0.1, 0.15) is 44.9 Å². The minimum atomic E-state index is -0.683. The molecule has 0 unspecified atom stereocenters. The molecule has 0 spiro atoms. The Bertz CT molecular complexity index is 697. The first-order valence-electron chi connectivity index (χ1n) is 10.2. The van der Waals surface area contributed by atoms with Gasteiger partial charge in [0.2, 0.25) is 0 Å². The van der Waals surface area contributed by atoms with Gasteiger partial charge in [-0.05, 0) is 30.0 Å². The number of ether oxygens (including phenoxy) is 1. The van der Waals surface area contributed by atoms with E-state index in [1.54, 1.807) is 0 Å². The molecule has 0 fully saturated rings. The lowest BCUT2D eigenvalue weighted by Crippen LogP contribution is -2.37. The molecule has 1 heterocycles. The molecule has 1 N–H and O–H groups in total. The fraction of sp³-hybridized carbons (Fsp3) is 0.522. The molecule has 2 rings (SSSR count). The lowest BCUT2D eigenvalue weighted by molar-refractivity contribution is -0.147. The summed E-state index contributed by atoms with van der Waals surface area (Å²) in [6.45, 7) is 9.26. The molecule has 0 saturated carbocycles. The second kappa shape index (κ2) is 11.7. The molecule has 0 radical (unpaired) electrons. The first-order chi connectivity index (χ1) is 13.5. The zero-order valence-corrected chi connectivity index (χ0v) is 17.4. The summed E-state index contributed by atoms with van der Waals surface area (Å²) in [5, 5.41) is 10.4. The molecule has 0 aliphatic heterocycles. The van der Waals surface area contributed by atoms with E-state index in [1.165, 1.54) is 11.3 Å². The van der Waals surface area contributed by atoms with Crippen LogP contribution in [0.25, 0.3) is 0 Å². The Morgan fingerprint density at radius 2 is 1.89 bits per heavy atom. The predicted octanol–water partition coefficient (Wildman–Crippen LogP) is 3.70. The second-order valence-electron chi connectivity index (χ2n) is 7.79. The summed E-state index contributed by atoms with van der Waals surface area (Å²) in [5.74, 6) is 0.237. The fourth-order valence-electron chi connectivity index (χ4n) is 3.29. The van der Waals surface area contributed by atoms with Crippen LogP contribution < -0.4 is 0 Å². The number of hydrogen-bond acceptors (Lipinski definition) is 4. The van der Waals surface area contributed by atoms with Crippen molar-refractivity contribution in [3.63, 3.8) is 0 Å². The summed E-state index contributed by atoms with van der Waals surface area (Å²) in [5.41, 5.74) is 2.47. The van der Waals surface area contributed by atoms with Crippen LogP contribution in [-0.2, 0) is 22.6 Å². The van der Waals surface area contributed by atoms with Gasteiger partial charge < -0.3 is 14.4 Å². The van der Waals surface area contributed by atoms with Gasteiger partial charge in [-0.3, -0.25) is 9.69 Å². The molecular formula is C23H34N2O3. The molecule has 0 aliphatic rings. The number of aromatic nitrogens is 1. The summed E-state index contributed by atoms with van der Waals surface area (Å²) in [4.78, 5) is 13.8. The molecule has 1 aromatic heterocycles. The smallest absolute Gasteiger partial charge is 0.305 e. The van der Waals surface area contributed by atoms with Crippen LogP contribution in [0.15, 0.2) is 48.7 Å². The van der Waals surface area contributed by atoms with Crippen LogP contribution in [0.4, 0.5) is 0 Å². The Labute approximate surface area is 168 Å². The van der Waals surface area contributed by atoms with Gasteiger partial charge in [0.25, 0.3) is 0 Å². The van der Waals surface area contributed by atoms with Gasteiger partial charge in [-0.1, -0.05) is 51.1 Å². The summed E-state index contributed by atoms with van der Waals surface area (Å²) in [7, 11) is 0. The quantitative estimate of drug-likeness (QED) is 0.565. The number of nitrogens with zero attached hydrogens (tertiary/aromatic N) is 2. The molecule has 0 aliphatic carbocycles. The van der Waals surface area contributed by atoms with E-state index >= 15 is 0 Å². The van der Waals surface area contributed by atoms with Crippen LogP contribution in [0.5, 0.6) is 0 Å². The summed E-state index contributed by atoms with van der Waals surface area (Å²) < 4.78 is 7.41. The molecular weight excluding hydrogens is 352 g/mol. The maximum absolute atomic E-state index is 11.5. The Morgan fingerprint density at radius 1 is 1.14 bits per heavy atom. The molecule has 5 nitrogen and oxygen atoms in total. The molecule has 1 aromatic carbocycles. The molecule has 1 atom stereocenters. The largest absolute Gasteiger partial charge is 0.463 e. The van der Waals surface area contributed by atoms with E-state index in [0.29, 0.717) is 18.9 Å². The molecule has 0 saturated heterocycles. The second-order valence-corrected chi connectivity index (χ2v) is 7.79. The van der Waals surface area contributed by atoms with E-state index < -0.39 is 6.10 Å². The van der Waals surface area contributed by atoms with Crippen LogP contribution >= 0.6 is 0 Å². The Kier molecular flexibility index (Phi) is 9.24. The van der Waals surface area contributed by atoms with E-state index in [1.807, 2.05) is 13.0 Å². The average molecular weight is 387 g/mol. The van der Waals surface area contributed by atoms with Crippen molar-refractivity contribution in [3.05, 3.63) is 59.9 Å². The number of rotatable bonds is 12. The van der Waals surface area contributed by atoms with E-state index in [4.69, 9.17) is 4.74 Å². The molecule has 154 valence electrons. The maximum Gasteiger partial charge on any atom is 0.305 e. The summed E-state index contributed by atoms with van der Waals surface area (Å²) in [6, 6.07) is 14.6. The highest BCUT2D eigenvalue weighted by Gasteiger charge is 2.17. The van der Waals surface area contributed by atoms with Gasteiger partial charge in [0.15, 0.2) is 0 Å². The topological polar surface area (TPSA) is 54.7 Å². The van der Waals surface area contributed by atoms with Gasteiger partial charge in [-0.2, -0.15) is 0 Å². The minimum Gasteiger partial charge on any atom is -0.463 e. The lowest BCUT2D eigenvalue weighted by atomic mass is 10.2. The van der Waals surface area contributed by atoms with Crippen LogP contribution in [0.2, 0.25) is 0 Å². The van der Waals surface area contributed by atoms with E-state index in [-0.39, 0.29) is 12.6 Å². The molecule has 28 heavy (non-hydrogen) atoms. The van der Waals surface area contributed by atoms with Crippen LogP contribution in [0, 0.1) is 5.92 Å². The van der Waals surface area contributed by atoms with Crippen molar-refractivity contribution in [3.8, 4) is 0 Å². The monoisotopic (exact) mass is 386 g/mol. The van der Waals surface area contributed by atoms with E-state index in [9.17, 15) is 9.90 Å². The van der Waals surface area contributed by atoms with E-state index in [2.05, 4.69) is 65.9 Å². The number of esters is 1. The molecule has 2 aromatic rings. The highest BCUT2D eigenvalue weighted by Crippen LogP contribution is 2.12. The first kappa shape index (κ1) is 22.2. The third kappa shape index (κ3) is 7.87. The minimum absolute atomic E-state index is 0.0540. The zero-order valence-electron chi connectivity index (χ0n) is 17.4. The van der Waals surface area contributed by atoms with Crippen molar-refractivity contribution in [1.82, 2.24) is 9.47 Å². The number of benzene rings is 1. The molecule has 0 bridgehead atoms. The van der Waals surface area contributed by atoms with Gasteiger partial charge >= 0.3 is 5.97 Å². The van der Waals surface area contributed by atoms with Crippen molar-refractivity contribution in [2.24, 2.45) is 5.92 Å². The van der Waals surface area contributed by atoms with Crippen molar-refractivity contribution in [2.75, 3.05) is 19.7 Å². The number of aliphatic hydroxyl groups excluding tert-OH is 1. The van der Waals surface area contributed by atoms with Crippen molar-refractivity contribution in [2.45, 2.75) is 52.8 Å². The van der Waals surface area contributed by atoms with E-state index in [0.717, 1.165) is 26.1 Å². The van der Waals surface area contributed by atoms with Gasteiger partial charge in [0, 0.05) is 44.5 Å². The van der Waals surface area contributed by atoms with Crippen molar-refractivity contribution >= 4 is 5.97 Å². The van der Waals surface area contributed by atoms with Crippen LogP contribution in [-0.4, -0.2) is 46.3 Å². The highest BCUT2D eigenvalue weighted by molar-refractivity contribution is 5.69. The zero-order chi connectivity index (χ0) is 20.4. The first-order valence-corrected chi connectivity index (χ1v) is 10.2. The Hall–Kier alpha value is -2.11. The highest BCUT2D eigenvalue weighted by atomic mass is 16.5. The SMILES string of the molecule is CCCC(=O)OC[C@H](O)CN(Cc1cccn1Cc1ccccc1)CC(C)C. The Morgan fingerprint density at radius 3 is 2.57 bits per heavy atom. The lowest BCUT2D eigenvalue weighted by Gasteiger charge is -2.27. The average Bonchev–Trinajstić information content (AvgIpc) is 3.07. The third-order valence-corrected chi connectivity index (χ3v) is 4.49. The summed E-state index contributed by atoms with van der Waals surface area (Å²) in [6.07, 6.45) is 2.57. The molecule has 5 heteroatoms. The normalized spacial score (nSPS) is 12.5. The van der Waals surface area contributed by atoms with Crippen molar-refractivity contribution < 1.29 is 14.6 Å². The van der Waals surface area contributed by atoms with Gasteiger partial charge in [-0.15, -0.1) is 0 Å². The van der Waals surface area contributed by atoms with Gasteiger partial charge in [0.1, 0.15) is 12.7 Å². The maximum atomic E-state index is 11.5.